The number of benzene rings is 1. The molecule has 0 aliphatic heterocycles. The van der Waals surface area contributed by atoms with Crippen molar-refractivity contribution in [2.45, 2.75) is 18.4 Å². The van der Waals surface area contributed by atoms with Crippen LogP contribution in [-0.4, -0.2) is 22.8 Å². The first kappa shape index (κ1) is 11.2. The smallest absolute Gasteiger partial charge is 0.159 e. The number of anilines is 1. The van der Waals surface area contributed by atoms with Crippen molar-refractivity contribution >= 4 is 28.6 Å². The van der Waals surface area contributed by atoms with Crippen LogP contribution in [0.5, 0.6) is 0 Å². The number of thioether (sulfide) groups is 1. The summed E-state index contributed by atoms with van der Waals surface area (Å²) < 4.78 is 0. The highest BCUT2D eigenvalue weighted by Crippen LogP contribution is 2.23. The van der Waals surface area contributed by atoms with E-state index in [0.717, 1.165) is 34.8 Å². The molecule has 0 fully saturated rings. The maximum atomic E-state index is 4.59. The largest absolute Gasteiger partial charge is 0.368 e. The fourth-order valence-corrected chi connectivity index (χ4v) is 1.99. The van der Waals surface area contributed by atoms with Gasteiger partial charge in [0.25, 0.3) is 0 Å². The number of hydrogen-bond donors (Lipinski definition) is 1. The molecule has 16 heavy (non-hydrogen) atoms. The number of hydrogen-bond acceptors (Lipinski definition) is 4. The van der Waals surface area contributed by atoms with Crippen molar-refractivity contribution in [3.63, 3.8) is 0 Å². The van der Waals surface area contributed by atoms with E-state index in [2.05, 4.69) is 22.2 Å². The predicted octanol–water partition coefficient (Wildman–Crippen LogP) is 3.17. The van der Waals surface area contributed by atoms with E-state index in [1.165, 1.54) is 0 Å². The molecule has 4 heteroatoms. The minimum absolute atomic E-state index is 0.896. The highest BCUT2D eigenvalue weighted by molar-refractivity contribution is 7.98. The number of aromatic nitrogens is 2. The van der Waals surface area contributed by atoms with Crippen LogP contribution in [0.3, 0.4) is 0 Å². The SMILES string of the molecule is CCCNc1nc2ccccc2nc1SC. The molecule has 1 N–H and O–H groups in total. The summed E-state index contributed by atoms with van der Waals surface area (Å²) in [4.78, 5) is 9.17. The molecular formula is C12H15N3S. The van der Waals surface area contributed by atoms with Gasteiger partial charge in [0.2, 0.25) is 0 Å². The summed E-state index contributed by atoms with van der Waals surface area (Å²) in [7, 11) is 0. The maximum absolute atomic E-state index is 4.59. The Labute approximate surface area is 99.7 Å². The van der Waals surface area contributed by atoms with Crippen LogP contribution in [0.25, 0.3) is 11.0 Å². The molecule has 0 amide bonds. The third-order valence-corrected chi connectivity index (χ3v) is 2.95. The van der Waals surface area contributed by atoms with Gasteiger partial charge in [-0.05, 0) is 24.8 Å². The van der Waals surface area contributed by atoms with Crippen LogP contribution in [0.15, 0.2) is 29.3 Å². The van der Waals surface area contributed by atoms with Crippen LogP contribution in [0.4, 0.5) is 5.82 Å². The molecule has 3 nitrogen and oxygen atoms in total. The molecule has 0 unspecified atom stereocenters. The Morgan fingerprint density at radius 1 is 1.19 bits per heavy atom. The van der Waals surface area contributed by atoms with E-state index in [9.17, 15) is 0 Å². The first-order valence-corrected chi connectivity index (χ1v) is 6.62. The summed E-state index contributed by atoms with van der Waals surface area (Å²) in [5.41, 5.74) is 1.90. The molecule has 84 valence electrons. The lowest BCUT2D eigenvalue weighted by atomic mass is 10.3. The molecule has 2 rings (SSSR count). The normalized spacial score (nSPS) is 10.6. The van der Waals surface area contributed by atoms with Gasteiger partial charge in [-0.2, -0.15) is 0 Å². The molecule has 1 aromatic heterocycles. The molecule has 1 aromatic carbocycles. The highest BCUT2D eigenvalue weighted by atomic mass is 32.2. The van der Waals surface area contributed by atoms with Crippen molar-refractivity contribution in [2.75, 3.05) is 18.1 Å². The Balaban J connectivity index is 2.45. The minimum Gasteiger partial charge on any atom is -0.368 e. The highest BCUT2D eigenvalue weighted by Gasteiger charge is 2.06. The Hall–Kier alpha value is -1.29. The van der Waals surface area contributed by atoms with Gasteiger partial charge in [0.15, 0.2) is 5.82 Å². The fourth-order valence-electron chi connectivity index (χ4n) is 1.48. The van der Waals surface area contributed by atoms with E-state index in [1.807, 2.05) is 30.5 Å². The van der Waals surface area contributed by atoms with Crippen molar-refractivity contribution in [1.82, 2.24) is 9.97 Å². The van der Waals surface area contributed by atoms with Crippen molar-refractivity contribution in [1.29, 1.82) is 0 Å². The predicted molar refractivity (Wildman–Crippen MR) is 70.1 cm³/mol. The van der Waals surface area contributed by atoms with Crippen LogP contribution in [-0.2, 0) is 0 Å². The summed E-state index contributed by atoms with van der Waals surface area (Å²) in [6.07, 6.45) is 3.11. The molecule has 0 saturated heterocycles. The second-order valence-electron chi connectivity index (χ2n) is 3.50. The quantitative estimate of drug-likeness (QED) is 0.823. The summed E-state index contributed by atoms with van der Waals surface area (Å²) in [5, 5.41) is 4.28. The van der Waals surface area contributed by atoms with Gasteiger partial charge in [0.1, 0.15) is 5.03 Å². The summed E-state index contributed by atoms with van der Waals surface area (Å²) in [6, 6.07) is 7.95. The molecule has 0 saturated carbocycles. The third-order valence-electron chi connectivity index (χ3n) is 2.27. The monoisotopic (exact) mass is 233 g/mol. The molecular weight excluding hydrogens is 218 g/mol. The topological polar surface area (TPSA) is 37.8 Å². The van der Waals surface area contributed by atoms with Crippen LogP contribution in [0.2, 0.25) is 0 Å². The van der Waals surface area contributed by atoms with Crippen molar-refractivity contribution in [3.8, 4) is 0 Å². The van der Waals surface area contributed by atoms with Crippen LogP contribution >= 0.6 is 11.8 Å². The van der Waals surface area contributed by atoms with Gasteiger partial charge in [-0.3, -0.25) is 0 Å². The summed E-state index contributed by atoms with van der Waals surface area (Å²) in [5.74, 6) is 0.896. The second kappa shape index (κ2) is 5.16. The zero-order chi connectivity index (χ0) is 11.4. The molecule has 0 radical (unpaired) electrons. The average molecular weight is 233 g/mol. The zero-order valence-electron chi connectivity index (χ0n) is 9.53. The Kier molecular flexibility index (Phi) is 3.62. The average Bonchev–Trinajstić information content (AvgIpc) is 2.35. The molecule has 0 atom stereocenters. The third kappa shape index (κ3) is 2.27. The van der Waals surface area contributed by atoms with E-state index in [1.54, 1.807) is 11.8 Å². The summed E-state index contributed by atoms with van der Waals surface area (Å²) >= 11 is 1.62. The van der Waals surface area contributed by atoms with Gasteiger partial charge in [0.05, 0.1) is 11.0 Å². The van der Waals surface area contributed by atoms with E-state index in [0.29, 0.717) is 0 Å². The molecule has 0 bridgehead atoms. The lowest BCUT2D eigenvalue weighted by molar-refractivity contribution is 0.953. The minimum atomic E-state index is 0.896. The van der Waals surface area contributed by atoms with Crippen LogP contribution < -0.4 is 5.32 Å². The lowest BCUT2D eigenvalue weighted by Crippen LogP contribution is -2.04. The van der Waals surface area contributed by atoms with Crippen LogP contribution in [0.1, 0.15) is 13.3 Å². The fraction of sp³-hybridized carbons (Fsp3) is 0.333. The molecule has 0 aliphatic carbocycles. The molecule has 0 aliphatic rings. The lowest BCUT2D eigenvalue weighted by Gasteiger charge is -2.09. The van der Waals surface area contributed by atoms with Crippen LogP contribution in [0, 0.1) is 0 Å². The maximum Gasteiger partial charge on any atom is 0.159 e. The van der Waals surface area contributed by atoms with Gasteiger partial charge in [-0.1, -0.05) is 19.1 Å². The first-order valence-electron chi connectivity index (χ1n) is 5.39. The number of para-hydroxylation sites is 2. The van der Waals surface area contributed by atoms with Gasteiger partial charge in [-0.15, -0.1) is 11.8 Å². The molecule has 1 heterocycles. The van der Waals surface area contributed by atoms with Gasteiger partial charge in [-0.25, -0.2) is 9.97 Å². The van der Waals surface area contributed by atoms with Crippen molar-refractivity contribution in [2.24, 2.45) is 0 Å². The standard InChI is InChI=1S/C12H15N3S/c1-3-8-13-11-12(16-2)15-10-7-5-4-6-9(10)14-11/h4-7H,3,8H2,1-2H3,(H,13,14). The van der Waals surface area contributed by atoms with Gasteiger partial charge < -0.3 is 5.32 Å². The molecule has 0 spiro atoms. The molecule has 2 aromatic rings. The number of nitrogens with zero attached hydrogens (tertiary/aromatic N) is 2. The number of nitrogens with one attached hydrogen (secondary N) is 1. The second-order valence-corrected chi connectivity index (χ2v) is 4.29. The summed E-state index contributed by atoms with van der Waals surface area (Å²) in [6.45, 7) is 3.07. The van der Waals surface area contributed by atoms with Crippen molar-refractivity contribution in [3.05, 3.63) is 24.3 Å². The Morgan fingerprint density at radius 3 is 2.50 bits per heavy atom. The number of rotatable bonds is 4. The van der Waals surface area contributed by atoms with Gasteiger partial charge in [0, 0.05) is 6.54 Å². The number of fused-ring (bicyclic) bond motifs is 1. The van der Waals surface area contributed by atoms with E-state index in [-0.39, 0.29) is 0 Å². The van der Waals surface area contributed by atoms with Crippen molar-refractivity contribution < 1.29 is 0 Å². The Bertz CT molecular complexity index is 485. The Morgan fingerprint density at radius 2 is 1.88 bits per heavy atom. The first-order chi connectivity index (χ1) is 7.85. The zero-order valence-corrected chi connectivity index (χ0v) is 10.3. The van der Waals surface area contributed by atoms with E-state index >= 15 is 0 Å². The van der Waals surface area contributed by atoms with E-state index < -0.39 is 0 Å². The van der Waals surface area contributed by atoms with Gasteiger partial charge >= 0.3 is 0 Å². The van der Waals surface area contributed by atoms with E-state index in [4.69, 9.17) is 0 Å².